The van der Waals surface area contributed by atoms with Crippen molar-refractivity contribution in [2.75, 3.05) is 0 Å². The number of aryl methyl sites for hydroxylation is 2. The molecule has 0 aromatic heterocycles. The van der Waals surface area contributed by atoms with Crippen molar-refractivity contribution in [1.29, 1.82) is 0 Å². The van der Waals surface area contributed by atoms with E-state index in [-0.39, 0.29) is 6.04 Å². The van der Waals surface area contributed by atoms with Crippen LogP contribution in [0.5, 0.6) is 0 Å². The van der Waals surface area contributed by atoms with Crippen LogP contribution in [0.4, 0.5) is 0 Å². The SMILES string of the molecule is Cc1ccc(C(NN)C2CCCC2(C)C)cc1C. The lowest BCUT2D eigenvalue weighted by Crippen LogP contribution is -2.37. The number of hydrogen-bond acceptors (Lipinski definition) is 2. The topological polar surface area (TPSA) is 38.0 Å². The molecule has 0 spiro atoms. The summed E-state index contributed by atoms with van der Waals surface area (Å²) in [6.07, 6.45) is 3.90. The summed E-state index contributed by atoms with van der Waals surface area (Å²) >= 11 is 0. The molecule has 0 radical (unpaired) electrons. The minimum atomic E-state index is 0.279. The Hall–Kier alpha value is -0.860. The van der Waals surface area contributed by atoms with Gasteiger partial charge in [0, 0.05) is 6.04 Å². The van der Waals surface area contributed by atoms with Gasteiger partial charge in [-0.1, -0.05) is 38.5 Å². The van der Waals surface area contributed by atoms with E-state index in [2.05, 4.69) is 51.3 Å². The highest BCUT2D eigenvalue weighted by molar-refractivity contribution is 5.32. The van der Waals surface area contributed by atoms with Crippen molar-refractivity contribution in [1.82, 2.24) is 5.43 Å². The summed E-state index contributed by atoms with van der Waals surface area (Å²) in [6.45, 7) is 9.07. The van der Waals surface area contributed by atoms with E-state index >= 15 is 0 Å². The van der Waals surface area contributed by atoms with Gasteiger partial charge >= 0.3 is 0 Å². The van der Waals surface area contributed by atoms with Crippen molar-refractivity contribution in [3.8, 4) is 0 Å². The Morgan fingerprint density at radius 1 is 1.28 bits per heavy atom. The molecule has 0 amide bonds. The highest BCUT2D eigenvalue weighted by Gasteiger charge is 2.39. The third kappa shape index (κ3) is 2.45. The molecule has 0 aliphatic heterocycles. The second-order valence-corrected chi connectivity index (χ2v) is 6.48. The fourth-order valence-electron chi connectivity index (χ4n) is 3.37. The number of benzene rings is 1. The average Bonchev–Trinajstić information content (AvgIpc) is 2.65. The zero-order valence-electron chi connectivity index (χ0n) is 12.1. The van der Waals surface area contributed by atoms with Crippen molar-refractivity contribution in [2.24, 2.45) is 17.2 Å². The molecular weight excluding hydrogens is 220 g/mol. The maximum Gasteiger partial charge on any atom is 0.0493 e. The summed E-state index contributed by atoms with van der Waals surface area (Å²) in [4.78, 5) is 0. The molecule has 2 atom stereocenters. The second kappa shape index (κ2) is 5.02. The largest absolute Gasteiger partial charge is 0.271 e. The van der Waals surface area contributed by atoms with E-state index in [0.29, 0.717) is 11.3 Å². The standard InChI is InChI=1S/C16H26N2/c1-11-7-8-13(10-12(11)2)15(18-17)14-6-5-9-16(14,3)4/h7-8,10,14-15,18H,5-6,9,17H2,1-4H3. The van der Waals surface area contributed by atoms with Gasteiger partial charge in [-0.05, 0) is 54.7 Å². The summed E-state index contributed by atoms with van der Waals surface area (Å²) in [5, 5.41) is 0. The maximum absolute atomic E-state index is 5.84. The lowest BCUT2D eigenvalue weighted by atomic mass is 9.75. The minimum Gasteiger partial charge on any atom is -0.271 e. The molecule has 0 heterocycles. The van der Waals surface area contributed by atoms with Crippen LogP contribution in [0.3, 0.4) is 0 Å². The lowest BCUT2D eigenvalue weighted by Gasteiger charge is -2.34. The molecule has 2 heteroatoms. The highest BCUT2D eigenvalue weighted by atomic mass is 15.2. The van der Waals surface area contributed by atoms with E-state index in [0.717, 1.165) is 0 Å². The van der Waals surface area contributed by atoms with Crippen molar-refractivity contribution in [3.05, 3.63) is 34.9 Å². The molecule has 18 heavy (non-hydrogen) atoms. The summed E-state index contributed by atoms with van der Waals surface area (Å²) in [6, 6.07) is 6.99. The van der Waals surface area contributed by atoms with E-state index in [4.69, 9.17) is 5.84 Å². The molecule has 1 aliphatic rings. The third-order valence-electron chi connectivity index (χ3n) is 4.81. The molecule has 1 aromatic carbocycles. The molecular formula is C16H26N2. The molecule has 2 nitrogen and oxygen atoms in total. The second-order valence-electron chi connectivity index (χ2n) is 6.48. The first-order valence-electron chi connectivity index (χ1n) is 6.99. The molecule has 1 aromatic rings. The number of hydrogen-bond donors (Lipinski definition) is 2. The van der Waals surface area contributed by atoms with Crippen LogP contribution in [0, 0.1) is 25.2 Å². The Morgan fingerprint density at radius 3 is 2.50 bits per heavy atom. The first-order valence-corrected chi connectivity index (χ1v) is 6.99. The molecule has 0 saturated heterocycles. The molecule has 2 unspecified atom stereocenters. The van der Waals surface area contributed by atoms with Gasteiger partial charge in [-0.25, -0.2) is 0 Å². The van der Waals surface area contributed by atoms with Gasteiger partial charge in [0.25, 0.3) is 0 Å². The van der Waals surface area contributed by atoms with Crippen LogP contribution in [0.1, 0.15) is 55.8 Å². The molecule has 3 N–H and O–H groups in total. The Labute approximate surface area is 111 Å². The van der Waals surface area contributed by atoms with Crippen LogP contribution in [-0.4, -0.2) is 0 Å². The van der Waals surface area contributed by atoms with Crippen LogP contribution in [0.2, 0.25) is 0 Å². The molecule has 1 saturated carbocycles. The Kier molecular flexibility index (Phi) is 3.79. The predicted molar refractivity (Wildman–Crippen MR) is 77.1 cm³/mol. The van der Waals surface area contributed by atoms with Gasteiger partial charge in [0.05, 0.1) is 0 Å². The zero-order chi connectivity index (χ0) is 13.3. The van der Waals surface area contributed by atoms with Crippen LogP contribution in [-0.2, 0) is 0 Å². The Bertz CT molecular complexity index is 423. The smallest absolute Gasteiger partial charge is 0.0493 e. The summed E-state index contributed by atoms with van der Waals surface area (Å²) in [5.74, 6) is 6.47. The van der Waals surface area contributed by atoms with Crippen LogP contribution in [0.15, 0.2) is 18.2 Å². The van der Waals surface area contributed by atoms with Gasteiger partial charge in [0.1, 0.15) is 0 Å². The summed E-state index contributed by atoms with van der Waals surface area (Å²) in [5.41, 5.74) is 7.48. The van der Waals surface area contributed by atoms with Crippen LogP contribution in [0.25, 0.3) is 0 Å². The summed E-state index contributed by atoms with van der Waals surface area (Å²) in [7, 11) is 0. The number of nitrogens with two attached hydrogens (primary N) is 1. The predicted octanol–water partition coefficient (Wildman–Crippen LogP) is 3.63. The van der Waals surface area contributed by atoms with E-state index in [1.807, 2.05) is 0 Å². The van der Waals surface area contributed by atoms with Crippen molar-refractivity contribution in [2.45, 2.75) is 53.0 Å². The fourth-order valence-corrected chi connectivity index (χ4v) is 3.37. The number of nitrogens with one attached hydrogen (secondary N) is 1. The Morgan fingerprint density at radius 2 is 2.00 bits per heavy atom. The average molecular weight is 246 g/mol. The number of hydrazine groups is 1. The monoisotopic (exact) mass is 246 g/mol. The van der Waals surface area contributed by atoms with Gasteiger partial charge in [-0.3, -0.25) is 11.3 Å². The lowest BCUT2D eigenvalue weighted by molar-refractivity contribution is 0.198. The van der Waals surface area contributed by atoms with Gasteiger partial charge in [0.2, 0.25) is 0 Å². The molecule has 1 aliphatic carbocycles. The fraction of sp³-hybridized carbons (Fsp3) is 0.625. The molecule has 2 rings (SSSR count). The van der Waals surface area contributed by atoms with Crippen LogP contribution >= 0.6 is 0 Å². The quantitative estimate of drug-likeness (QED) is 0.631. The maximum atomic E-state index is 5.84. The normalized spacial score (nSPS) is 24.2. The first kappa shape index (κ1) is 13.6. The minimum absolute atomic E-state index is 0.279. The van der Waals surface area contributed by atoms with E-state index < -0.39 is 0 Å². The first-order chi connectivity index (χ1) is 8.45. The van der Waals surface area contributed by atoms with Crippen molar-refractivity contribution < 1.29 is 0 Å². The molecule has 100 valence electrons. The highest BCUT2D eigenvalue weighted by Crippen LogP contribution is 2.48. The van der Waals surface area contributed by atoms with Crippen molar-refractivity contribution >= 4 is 0 Å². The van der Waals surface area contributed by atoms with Gasteiger partial charge < -0.3 is 0 Å². The van der Waals surface area contributed by atoms with Gasteiger partial charge in [-0.2, -0.15) is 0 Å². The zero-order valence-corrected chi connectivity index (χ0v) is 12.1. The van der Waals surface area contributed by atoms with Gasteiger partial charge in [0.15, 0.2) is 0 Å². The van der Waals surface area contributed by atoms with Gasteiger partial charge in [-0.15, -0.1) is 0 Å². The van der Waals surface area contributed by atoms with Crippen molar-refractivity contribution in [3.63, 3.8) is 0 Å². The van der Waals surface area contributed by atoms with Crippen LogP contribution < -0.4 is 11.3 Å². The van der Waals surface area contributed by atoms with E-state index in [1.54, 1.807) is 0 Å². The Balaban J connectivity index is 2.30. The number of rotatable bonds is 3. The van der Waals surface area contributed by atoms with E-state index in [9.17, 15) is 0 Å². The summed E-state index contributed by atoms with van der Waals surface area (Å²) < 4.78 is 0. The third-order valence-corrected chi connectivity index (χ3v) is 4.81. The molecule has 0 bridgehead atoms. The van der Waals surface area contributed by atoms with E-state index in [1.165, 1.54) is 36.0 Å². The molecule has 1 fully saturated rings.